The molecule has 0 atom stereocenters. The maximum absolute atomic E-state index is 12.0. The monoisotopic (exact) mass is 278 g/mol. The number of nitrogens with zero attached hydrogens (tertiary/aromatic N) is 2. The molecule has 1 aliphatic rings. The summed E-state index contributed by atoms with van der Waals surface area (Å²) < 4.78 is 0. The number of hydrogen-bond donors (Lipinski definition) is 2. The van der Waals surface area contributed by atoms with Crippen LogP contribution in [0.2, 0.25) is 0 Å². The molecular weight excluding hydrogens is 252 g/mol. The molecule has 1 amide bonds. The number of aromatic nitrogens is 3. The Morgan fingerprint density at radius 1 is 1.00 bits per heavy atom. The smallest absolute Gasteiger partial charge is 0.288 e. The van der Waals surface area contributed by atoms with Crippen LogP contribution in [0.25, 0.3) is 0 Å². The lowest BCUT2D eigenvalue weighted by Crippen LogP contribution is -2.35. The maximum atomic E-state index is 12.0. The highest BCUT2D eigenvalue weighted by molar-refractivity contribution is 5.90. The van der Waals surface area contributed by atoms with Crippen LogP contribution in [0.1, 0.15) is 81.2 Å². The van der Waals surface area contributed by atoms with E-state index in [0.717, 1.165) is 12.8 Å². The van der Waals surface area contributed by atoms with Crippen molar-refractivity contribution in [3.8, 4) is 0 Å². The number of H-pyrrole nitrogens is 1. The van der Waals surface area contributed by atoms with Crippen LogP contribution in [0, 0.1) is 0 Å². The summed E-state index contributed by atoms with van der Waals surface area (Å²) in [5, 5.41) is 9.45. The summed E-state index contributed by atoms with van der Waals surface area (Å²) in [5.74, 6) is 0.190. The van der Waals surface area contributed by atoms with Crippen molar-refractivity contribution in [3.63, 3.8) is 0 Å². The Bertz CT molecular complexity index is 365. The van der Waals surface area contributed by atoms with Crippen LogP contribution in [-0.4, -0.2) is 27.1 Å². The fraction of sp³-hybridized carbons (Fsp3) is 0.800. The normalized spacial score (nSPS) is 19.8. The first-order valence-electron chi connectivity index (χ1n) is 8.02. The molecule has 0 unspecified atom stereocenters. The van der Waals surface area contributed by atoms with E-state index >= 15 is 0 Å². The third-order valence-corrected chi connectivity index (χ3v) is 4.07. The zero-order valence-electron chi connectivity index (χ0n) is 12.2. The third-order valence-electron chi connectivity index (χ3n) is 4.07. The van der Waals surface area contributed by atoms with Gasteiger partial charge in [0.2, 0.25) is 5.82 Å². The first kappa shape index (κ1) is 15.0. The SMILES string of the molecule is O=C(NC1CCCCCCCCCCC1)c1ncn[nH]1. The van der Waals surface area contributed by atoms with Crippen molar-refractivity contribution in [2.45, 2.75) is 76.7 Å². The van der Waals surface area contributed by atoms with Crippen molar-refractivity contribution < 1.29 is 4.79 Å². The van der Waals surface area contributed by atoms with Gasteiger partial charge in [0.1, 0.15) is 6.33 Å². The van der Waals surface area contributed by atoms with E-state index in [2.05, 4.69) is 20.5 Å². The number of aromatic amines is 1. The minimum Gasteiger partial charge on any atom is -0.347 e. The molecule has 0 radical (unpaired) electrons. The topological polar surface area (TPSA) is 70.7 Å². The Labute approximate surface area is 120 Å². The van der Waals surface area contributed by atoms with Gasteiger partial charge in [-0.3, -0.25) is 9.89 Å². The molecule has 1 fully saturated rings. The minimum atomic E-state index is -0.125. The second kappa shape index (κ2) is 8.72. The predicted molar refractivity (Wildman–Crippen MR) is 78.4 cm³/mol. The van der Waals surface area contributed by atoms with Gasteiger partial charge in [-0.1, -0.05) is 57.8 Å². The lowest BCUT2D eigenvalue weighted by molar-refractivity contribution is 0.0921. The zero-order valence-corrected chi connectivity index (χ0v) is 12.2. The Morgan fingerprint density at radius 2 is 1.55 bits per heavy atom. The van der Waals surface area contributed by atoms with Crippen molar-refractivity contribution in [2.24, 2.45) is 0 Å². The van der Waals surface area contributed by atoms with Crippen molar-refractivity contribution >= 4 is 5.91 Å². The van der Waals surface area contributed by atoms with Gasteiger partial charge in [-0.25, -0.2) is 4.98 Å². The number of amides is 1. The molecule has 1 aromatic rings. The molecule has 1 aliphatic carbocycles. The maximum Gasteiger partial charge on any atom is 0.288 e. The van der Waals surface area contributed by atoms with Gasteiger partial charge in [0.25, 0.3) is 5.91 Å². The van der Waals surface area contributed by atoms with Gasteiger partial charge in [-0.2, -0.15) is 5.10 Å². The van der Waals surface area contributed by atoms with E-state index in [0.29, 0.717) is 5.82 Å². The second-order valence-corrected chi connectivity index (χ2v) is 5.76. The molecule has 0 saturated heterocycles. The zero-order chi connectivity index (χ0) is 14.0. The van der Waals surface area contributed by atoms with Gasteiger partial charge in [-0.15, -0.1) is 0 Å². The van der Waals surface area contributed by atoms with Crippen LogP contribution in [0.4, 0.5) is 0 Å². The van der Waals surface area contributed by atoms with Crippen LogP contribution in [0.5, 0.6) is 0 Å². The minimum absolute atomic E-state index is 0.125. The van der Waals surface area contributed by atoms with Crippen LogP contribution in [0.3, 0.4) is 0 Å². The summed E-state index contributed by atoms with van der Waals surface area (Å²) in [4.78, 5) is 15.9. The van der Waals surface area contributed by atoms with E-state index in [9.17, 15) is 4.79 Å². The highest BCUT2D eigenvalue weighted by Gasteiger charge is 2.15. The molecule has 0 spiro atoms. The van der Waals surface area contributed by atoms with Gasteiger partial charge in [0.15, 0.2) is 0 Å². The van der Waals surface area contributed by atoms with Crippen LogP contribution < -0.4 is 5.32 Å². The van der Waals surface area contributed by atoms with Gasteiger partial charge in [-0.05, 0) is 12.8 Å². The number of nitrogens with one attached hydrogen (secondary N) is 2. The van der Waals surface area contributed by atoms with Gasteiger partial charge < -0.3 is 5.32 Å². The van der Waals surface area contributed by atoms with E-state index in [4.69, 9.17) is 0 Å². The number of rotatable bonds is 2. The highest BCUT2D eigenvalue weighted by Crippen LogP contribution is 2.17. The highest BCUT2D eigenvalue weighted by atomic mass is 16.2. The third kappa shape index (κ3) is 5.31. The number of carbonyl (C=O) groups is 1. The summed E-state index contributed by atoms with van der Waals surface area (Å²) in [6.07, 6.45) is 15.3. The predicted octanol–water partition coefficient (Wildman–Crippen LogP) is 3.21. The van der Waals surface area contributed by atoms with E-state index in [1.807, 2.05) is 0 Å². The quantitative estimate of drug-likeness (QED) is 0.872. The van der Waals surface area contributed by atoms with Gasteiger partial charge >= 0.3 is 0 Å². The van der Waals surface area contributed by atoms with Gasteiger partial charge in [0.05, 0.1) is 0 Å². The van der Waals surface area contributed by atoms with E-state index in [1.54, 1.807) is 0 Å². The van der Waals surface area contributed by atoms with E-state index in [-0.39, 0.29) is 11.9 Å². The summed E-state index contributed by atoms with van der Waals surface area (Å²) in [7, 11) is 0. The van der Waals surface area contributed by atoms with Crippen molar-refractivity contribution in [3.05, 3.63) is 12.2 Å². The summed E-state index contributed by atoms with van der Waals surface area (Å²) in [5.41, 5.74) is 0. The first-order chi connectivity index (χ1) is 9.86. The Balaban J connectivity index is 1.81. The Hall–Kier alpha value is -1.39. The van der Waals surface area contributed by atoms with Crippen molar-refractivity contribution in [1.29, 1.82) is 0 Å². The molecule has 0 bridgehead atoms. The summed E-state index contributed by atoms with van der Waals surface area (Å²) in [6.45, 7) is 0. The van der Waals surface area contributed by atoms with E-state index < -0.39 is 0 Å². The Kier molecular flexibility index (Phi) is 6.54. The van der Waals surface area contributed by atoms with Crippen molar-refractivity contribution in [1.82, 2.24) is 20.5 Å². The summed E-state index contributed by atoms with van der Waals surface area (Å²) >= 11 is 0. The molecular formula is C15H26N4O. The molecule has 1 heterocycles. The van der Waals surface area contributed by atoms with E-state index in [1.165, 1.54) is 64.1 Å². The molecule has 0 aromatic carbocycles. The molecule has 1 aromatic heterocycles. The molecule has 1 saturated carbocycles. The lowest BCUT2D eigenvalue weighted by atomic mass is 9.98. The lowest BCUT2D eigenvalue weighted by Gasteiger charge is -2.18. The summed E-state index contributed by atoms with van der Waals surface area (Å²) in [6, 6.07) is 0.284. The largest absolute Gasteiger partial charge is 0.347 e. The molecule has 5 heteroatoms. The van der Waals surface area contributed by atoms with Gasteiger partial charge in [0, 0.05) is 6.04 Å². The van der Waals surface area contributed by atoms with Crippen LogP contribution in [0.15, 0.2) is 6.33 Å². The Morgan fingerprint density at radius 3 is 2.05 bits per heavy atom. The standard InChI is InChI=1S/C15H26N4O/c20-15(14-16-12-17-19-14)18-13-10-8-6-4-2-1-3-5-7-9-11-13/h12-13H,1-11H2,(H,18,20)(H,16,17,19). The van der Waals surface area contributed by atoms with Crippen LogP contribution >= 0.6 is 0 Å². The fourth-order valence-electron chi connectivity index (χ4n) is 2.88. The second-order valence-electron chi connectivity index (χ2n) is 5.76. The number of hydrogen-bond acceptors (Lipinski definition) is 3. The number of carbonyl (C=O) groups excluding carboxylic acids is 1. The average Bonchev–Trinajstić information content (AvgIpc) is 2.96. The fourth-order valence-corrected chi connectivity index (χ4v) is 2.88. The average molecular weight is 278 g/mol. The molecule has 2 N–H and O–H groups in total. The molecule has 2 rings (SSSR count). The van der Waals surface area contributed by atoms with Crippen LogP contribution in [-0.2, 0) is 0 Å². The van der Waals surface area contributed by atoms with Crippen molar-refractivity contribution in [2.75, 3.05) is 0 Å². The first-order valence-corrected chi connectivity index (χ1v) is 8.02. The molecule has 20 heavy (non-hydrogen) atoms. The molecule has 112 valence electrons. The molecule has 0 aliphatic heterocycles. The molecule has 5 nitrogen and oxygen atoms in total.